The topological polar surface area (TPSA) is 110 Å². The van der Waals surface area contributed by atoms with E-state index in [2.05, 4.69) is 5.32 Å². The maximum atomic E-state index is 13.0. The fourth-order valence-corrected chi connectivity index (χ4v) is 6.44. The summed E-state index contributed by atoms with van der Waals surface area (Å²) >= 11 is 0. The van der Waals surface area contributed by atoms with Gasteiger partial charge in [0.05, 0.1) is 12.4 Å². The largest absolute Gasteiger partial charge is 0.495 e. The van der Waals surface area contributed by atoms with Crippen molar-refractivity contribution in [3.63, 3.8) is 0 Å². The molecule has 1 aromatic carbocycles. The molecule has 27 heavy (non-hydrogen) atoms. The average molecular weight is 419 g/mol. The highest BCUT2D eigenvalue weighted by Crippen LogP contribution is 2.30. The van der Waals surface area contributed by atoms with Gasteiger partial charge in [0.2, 0.25) is 15.9 Å². The van der Waals surface area contributed by atoms with E-state index in [1.165, 1.54) is 18.5 Å². The lowest BCUT2D eigenvalue weighted by Crippen LogP contribution is -2.44. The lowest BCUT2D eigenvalue weighted by atomic mass is 10.2. The average Bonchev–Trinajstić information content (AvgIpc) is 2.67. The second-order valence-electron chi connectivity index (χ2n) is 6.42. The molecule has 1 aromatic rings. The fraction of sp³-hybridized carbons (Fsp3) is 0.588. The first kappa shape index (κ1) is 21.6. The Labute approximate surface area is 160 Å². The SMILES string of the molecule is CCc1ccc(OC)c(S(=O)(=O)N2CCC(S(=O)(=O)CC(=O)NC)CC2)c1. The van der Waals surface area contributed by atoms with E-state index in [-0.39, 0.29) is 36.6 Å². The number of sulfone groups is 1. The lowest BCUT2D eigenvalue weighted by Gasteiger charge is -2.31. The van der Waals surface area contributed by atoms with Crippen molar-refractivity contribution in [1.82, 2.24) is 9.62 Å². The molecule has 0 unspecified atom stereocenters. The van der Waals surface area contributed by atoms with Crippen LogP contribution in [0.4, 0.5) is 0 Å². The van der Waals surface area contributed by atoms with Crippen LogP contribution in [0.3, 0.4) is 0 Å². The van der Waals surface area contributed by atoms with Gasteiger partial charge in [0.15, 0.2) is 9.84 Å². The molecule has 0 aromatic heterocycles. The number of nitrogens with zero attached hydrogens (tertiary/aromatic N) is 1. The lowest BCUT2D eigenvalue weighted by molar-refractivity contribution is -0.118. The minimum atomic E-state index is -3.80. The Kier molecular flexibility index (Phi) is 6.87. The highest BCUT2D eigenvalue weighted by atomic mass is 32.2. The summed E-state index contributed by atoms with van der Waals surface area (Å²) in [6, 6.07) is 5.05. The summed E-state index contributed by atoms with van der Waals surface area (Å²) in [6.45, 7) is 2.10. The summed E-state index contributed by atoms with van der Waals surface area (Å²) in [4.78, 5) is 11.5. The summed E-state index contributed by atoms with van der Waals surface area (Å²) < 4.78 is 57.2. The molecule has 1 amide bonds. The van der Waals surface area contributed by atoms with Crippen molar-refractivity contribution in [2.24, 2.45) is 0 Å². The predicted octanol–water partition coefficient (Wildman–Crippen LogP) is 0.572. The standard InChI is InChI=1S/C17H26N2O6S2/c1-4-13-5-6-15(25-3)16(11-13)27(23,24)19-9-7-14(8-10-19)26(21,22)12-17(20)18-2/h5-6,11,14H,4,7-10,12H2,1-3H3,(H,18,20). The van der Waals surface area contributed by atoms with Crippen molar-refractivity contribution < 1.29 is 26.4 Å². The van der Waals surface area contributed by atoms with Gasteiger partial charge in [-0.3, -0.25) is 4.79 Å². The van der Waals surface area contributed by atoms with E-state index in [0.29, 0.717) is 6.42 Å². The smallest absolute Gasteiger partial charge is 0.246 e. The zero-order chi connectivity index (χ0) is 20.2. The van der Waals surface area contributed by atoms with E-state index in [0.717, 1.165) is 5.56 Å². The molecule has 0 bridgehead atoms. The number of nitrogens with one attached hydrogen (secondary N) is 1. The van der Waals surface area contributed by atoms with E-state index in [4.69, 9.17) is 4.74 Å². The molecule has 8 nitrogen and oxygen atoms in total. The van der Waals surface area contributed by atoms with Crippen LogP contribution in [-0.2, 0) is 31.1 Å². The van der Waals surface area contributed by atoms with Crippen molar-refractivity contribution in [1.29, 1.82) is 0 Å². The van der Waals surface area contributed by atoms with Gasteiger partial charge in [0.25, 0.3) is 0 Å². The molecule has 0 atom stereocenters. The number of piperidine rings is 1. The summed E-state index contributed by atoms with van der Waals surface area (Å²) in [5, 5.41) is 1.58. The van der Waals surface area contributed by atoms with Gasteiger partial charge >= 0.3 is 0 Å². The zero-order valence-corrected chi connectivity index (χ0v) is 17.4. The number of hydrogen-bond acceptors (Lipinski definition) is 6. The first-order valence-electron chi connectivity index (χ1n) is 8.75. The van der Waals surface area contributed by atoms with E-state index < -0.39 is 36.8 Å². The highest BCUT2D eigenvalue weighted by Gasteiger charge is 2.36. The molecule has 152 valence electrons. The summed E-state index contributed by atoms with van der Waals surface area (Å²) in [5.74, 6) is -0.875. The minimum absolute atomic E-state index is 0.0828. The minimum Gasteiger partial charge on any atom is -0.495 e. The summed E-state index contributed by atoms with van der Waals surface area (Å²) in [6.07, 6.45) is 1.01. The maximum Gasteiger partial charge on any atom is 0.246 e. The molecule has 1 aliphatic heterocycles. The Bertz CT molecular complexity index is 888. The molecule has 1 heterocycles. The second kappa shape index (κ2) is 8.57. The van der Waals surface area contributed by atoms with E-state index in [1.807, 2.05) is 13.0 Å². The molecule has 10 heteroatoms. The third-order valence-corrected chi connectivity index (χ3v) is 8.85. The van der Waals surface area contributed by atoms with Gasteiger partial charge < -0.3 is 10.1 Å². The Morgan fingerprint density at radius 1 is 1.22 bits per heavy atom. The molecule has 0 spiro atoms. The first-order chi connectivity index (χ1) is 12.7. The molecule has 1 N–H and O–H groups in total. The molecule has 2 rings (SSSR count). The van der Waals surface area contributed by atoms with Gasteiger partial charge in [0, 0.05) is 20.1 Å². The number of amides is 1. The van der Waals surface area contributed by atoms with Crippen LogP contribution in [0.5, 0.6) is 5.75 Å². The van der Waals surface area contributed by atoms with Gasteiger partial charge in [-0.1, -0.05) is 13.0 Å². The second-order valence-corrected chi connectivity index (χ2v) is 10.6. The van der Waals surface area contributed by atoms with E-state index >= 15 is 0 Å². The normalized spacial score (nSPS) is 16.9. The maximum absolute atomic E-state index is 13.0. The summed E-state index contributed by atoms with van der Waals surface area (Å²) in [5.41, 5.74) is 0.873. The number of benzene rings is 1. The van der Waals surface area contributed by atoms with Gasteiger partial charge in [-0.15, -0.1) is 0 Å². The van der Waals surface area contributed by atoms with Gasteiger partial charge in [0.1, 0.15) is 16.4 Å². The molecule has 1 saturated heterocycles. The van der Waals surface area contributed by atoms with Crippen LogP contribution in [0, 0.1) is 0 Å². The Balaban J connectivity index is 2.19. The number of carbonyl (C=O) groups is 1. The highest BCUT2D eigenvalue weighted by molar-refractivity contribution is 7.92. The van der Waals surface area contributed by atoms with Crippen molar-refractivity contribution in [3.05, 3.63) is 23.8 Å². The number of rotatable bonds is 7. The number of ether oxygens (including phenoxy) is 1. The van der Waals surface area contributed by atoms with Crippen molar-refractivity contribution in [2.75, 3.05) is 33.0 Å². The van der Waals surface area contributed by atoms with E-state index in [1.54, 1.807) is 12.1 Å². The van der Waals surface area contributed by atoms with Crippen LogP contribution in [0.1, 0.15) is 25.3 Å². The molecule has 1 fully saturated rings. The summed E-state index contributed by atoms with van der Waals surface area (Å²) in [7, 11) is -4.62. The van der Waals surface area contributed by atoms with Gasteiger partial charge in [-0.2, -0.15) is 4.31 Å². The van der Waals surface area contributed by atoms with E-state index in [9.17, 15) is 21.6 Å². The van der Waals surface area contributed by atoms with Crippen LogP contribution < -0.4 is 10.1 Å². The molecule has 1 aliphatic rings. The first-order valence-corrected chi connectivity index (χ1v) is 11.9. The molecular formula is C17H26N2O6S2. The van der Waals surface area contributed by atoms with Crippen molar-refractivity contribution in [3.8, 4) is 5.75 Å². The molecule has 0 saturated carbocycles. The Hall–Kier alpha value is -1.65. The Morgan fingerprint density at radius 3 is 2.37 bits per heavy atom. The quantitative estimate of drug-likeness (QED) is 0.693. The number of hydrogen-bond donors (Lipinski definition) is 1. The zero-order valence-electron chi connectivity index (χ0n) is 15.8. The number of methoxy groups -OCH3 is 1. The van der Waals surface area contributed by atoms with Crippen LogP contribution in [-0.4, -0.2) is 65.3 Å². The van der Waals surface area contributed by atoms with Crippen molar-refractivity contribution >= 4 is 25.8 Å². The number of sulfonamides is 1. The van der Waals surface area contributed by atoms with Crippen LogP contribution in [0.25, 0.3) is 0 Å². The fourth-order valence-electron chi connectivity index (χ4n) is 3.09. The van der Waals surface area contributed by atoms with Crippen LogP contribution in [0.15, 0.2) is 23.1 Å². The molecule has 0 radical (unpaired) electrons. The monoisotopic (exact) mass is 418 g/mol. The third-order valence-electron chi connectivity index (χ3n) is 4.77. The third kappa shape index (κ3) is 4.80. The van der Waals surface area contributed by atoms with Crippen LogP contribution in [0.2, 0.25) is 0 Å². The number of carbonyl (C=O) groups excluding carboxylic acids is 1. The van der Waals surface area contributed by atoms with Crippen molar-refractivity contribution in [2.45, 2.75) is 36.3 Å². The molecular weight excluding hydrogens is 392 g/mol. The Morgan fingerprint density at radius 2 is 1.85 bits per heavy atom. The molecule has 0 aliphatic carbocycles. The van der Waals surface area contributed by atoms with Gasteiger partial charge in [-0.05, 0) is 37.0 Å². The predicted molar refractivity (Wildman–Crippen MR) is 102 cm³/mol. The van der Waals surface area contributed by atoms with Crippen LogP contribution >= 0.6 is 0 Å². The van der Waals surface area contributed by atoms with Gasteiger partial charge in [-0.25, -0.2) is 16.8 Å². The number of aryl methyl sites for hydroxylation is 1.